The average Bonchev–Trinajstić information content (AvgIpc) is 2.80. The van der Waals surface area contributed by atoms with Crippen LogP contribution in [-0.2, 0) is 19.7 Å². The van der Waals surface area contributed by atoms with Crippen molar-refractivity contribution in [2.24, 2.45) is 5.92 Å². The molecule has 0 spiro atoms. The first-order chi connectivity index (χ1) is 16.3. The van der Waals surface area contributed by atoms with Gasteiger partial charge in [-0.1, -0.05) is 50.1 Å². The second-order valence-electron chi connectivity index (χ2n) is 9.86. The molecule has 2 aliphatic rings. The van der Waals surface area contributed by atoms with Gasteiger partial charge in [-0.2, -0.15) is 0 Å². The molecule has 0 radical (unpaired) electrons. The summed E-state index contributed by atoms with van der Waals surface area (Å²) in [6.45, 7) is 11.3. The van der Waals surface area contributed by atoms with Crippen molar-refractivity contribution in [2.75, 3.05) is 19.8 Å². The Balaban J connectivity index is 1.99. The van der Waals surface area contributed by atoms with Crippen molar-refractivity contribution in [3.8, 4) is 11.5 Å². The molecule has 186 valence electrons. The molecule has 1 aliphatic heterocycles. The van der Waals surface area contributed by atoms with Crippen LogP contribution in [0.3, 0.4) is 0 Å². The number of unbranched alkanes of at least 4 members (excludes halogenated alkanes) is 2. The van der Waals surface area contributed by atoms with Crippen LogP contribution in [0.4, 0.5) is 0 Å². The third kappa shape index (κ3) is 6.12. The summed E-state index contributed by atoms with van der Waals surface area (Å²) in [4.78, 5) is 11.3. The number of allylic oxidation sites excluding steroid dienone is 4. The maximum absolute atomic E-state index is 11.3. The summed E-state index contributed by atoms with van der Waals surface area (Å²) < 4.78 is 10.8. The number of ether oxygens (including phenoxy) is 2. The van der Waals surface area contributed by atoms with Crippen LogP contribution in [0.1, 0.15) is 82.8 Å². The Labute approximate surface area is 204 Å². The highest BCUT2D eigenvalue weighted by Crippen LogP contribution is 2.49. The normalized spacial score (nSPS) is 22.4. The molecule has 1 aliphatic carbocycles. The SMILES string of the molecule is C=C(C)C1CCC(COC(C)=O)=CC1c1c(O)cc(C2(/C=C\CCCC)CCOCC2)cc1O. The number of carbonyl (C=O) groups excluding carboxylic acids is 1. The standard InChI is InChI=1S/C29H40O5/c1-5-6-7-8-11-29(12-14-33-15-13-29)23-17-26(31)28(27(32)18-23)25-16-22(19-34-21(4)30)9-10-24(25)20(2)3/h8,11,16-18,24-25,31-32H,2,5-7,9-10,12-15,19H2,1,3-4H3/b11-8-. The van der Waals surface area contributed by atoms with E-state index in [2.05, 4.69) is 25.7 Å². The lowest BCUT2D eigenvalue weighted by atomic mass is 9.71. The topological polar surface area (TPSA) is 76.0 Å². The van der Waals surface area contributed by atoms with Gasteiger partial charge in [-0.15, -0.1) is 0 Å². The summed E-state index contributed by atoms with van der Waals surface area (Å²) in [6, 6.07) is 3.66. The van der Waals surface area contributed by atoms with Gasteiger partial charge in [0.05, 0.1) is 0 Å². The average molecular weight is 469 g/mol. The van der Waals surface area contributed by atoms with Crippen LogP contribution in [-0.4, -0.2) is 36.0 Å². The van der Waals surface area contributed by atoms with Gasteiger partial charge in [0, 0.05) is 37.0 Å². The molecule has 1 aromatic rings. The van der Waals surface area contributed by atoms with Gasteiger partial charge in [-0.05, 0) is 68.2 Å². The Morgan fingerprint density at radius 2 is 1.91 bits per heavy atom. The summed E-state index contributed by atoms with van der Waals surface area (Å²) >= 11 is 0. The number of hydrogen-bond donors (Lipinski definition) is 2. The van der Waals surface area contributed by atoms with Crippen LogP contribution in [0.2, 0.25) is 0 Å². The molecule has 1 heterocycles. The molecule has 0 aromatic heterocycles. The van der Waals surface area contributed by atoms with Crippen LogP contribution in [0.15, 0.2) is 48.1 Å². The highest BCUT2D eigenvalue weighted by atomic mass is 16.5. The Hall–Kier alpha value is -2.53. The van der Waals surface area contributed by atoms with Crippen LogP contribution >= 0.6 is 0 Å². The Morgan fingerprint density at radius 1 is 1.24 bits per heavy atom. The summed E-state index contributed by atoms with van der Waals surface area (Å²) in [5.41, 5.74) is 3.20. The summed E-state index contributed by atoms with van der Waals surface area (Å²) in [5, 5.41) is 22.4. The van der Waals surface area contributed by atoms with Gasteiger partial charge in [0.15, 0.2) is 0 Å². The van der Waals surface area contributed by atoms with Crippen LogP contribution < -0.4 is 0 Å². The van der Waals surface area contributed by atoms with Gasteiger partial charge < -0.3 is 19.7 Å². The minimum Gasteiger partial charge on any atom is -0.507 e. The molecule has 34 heavy (non-hydrogen) atoms. The van der Waals surface area contributed by atoms with Gasteiger partial charge in [0.25, 0.3) is 0 Å². The van der Waals surface area contributed by atoms with E-state index in [1.807, 2.05) is 25.1 Å². The molecule has 2 N–H and O–H groups in total. The first-order valence-corrected chi connectivity index (χ1v) is 12.6. The Morgan fingerprint density at radius 3 is 2.50 bits per heavy atom. The Kier molecular flexibility index (Phi) is 9.01. The minimum absolute atomic E-state index is 0.0923. The highest BCUT2D eigenvalue weighted by molar-refractivity contribution is 5.66. The molecule has 0 amide bonds. The lowest BCUT2D eigenvalue weighted by molar-refractivity contribution is -0.140. The first-order valence-electron chi connectivity index (χ1n) is 12.6. The van der Waals surface area contributed by atoms with Gasteiger partial charge in [-0.3, -0.25) is 4.79 Å². The quantitative estimate of drug-likeness (QED) is 0.247. The lowest BCUT2D eigenvalue weighted by Crippen LogP contribution is -2.32. The fourth-order valence-electron chi connectivity index (χ4n) is 5.30. The molecule has 2 atom stereocenters. The molecule has 3 rings (SSSR count). The van der Waals surface area contributed by atoms with E-state index >= 15 is 0 Å². The van der Waals surface area contributed by atoms with E-state index in [1.54, 1.807) is 0 Å². The third-order valence-corrected chi connectivity index (χ3v) is 7.31. The van der Waals surface area contributed by atoms with Crippen LogP contribution in [0.5, 0.6) is 11.5 Å². The molecule has 1 fully saturated rings. The van der Waals surface area contributed by atoms with Gasteiger partial charge in [0.1, 0.15) is 18.1 Å². The zero-order valence-electron chi connectivity index (χ0n) is 20.9. The molecule has 5 heteroatoms. The molecule has 5 nitrogen and oxygen atoms in total. The molecule has 0 bridgehead atoms. The summed E-state index contributed by atoms with van der Waals surface area (Å²) in [6.07, 6.45) is 13.1. The van der Waals surface area contributed by atoms with Crippen LogP contribution in [0.25, 0.3) is 0 Å². The zero-order chi connectivity index (χ0) is 24.7. The molecule has 2 unspecified atom stereocenters. The van der Waals surface area contributed by atoms with Crippen molar-refractivity contribution in [1.82, 2.24) is 0 Å². The maximum atomic E-state index is 11.3. The second-order valence-corrected chi connectivity index (χ2v) is 9.86. The van der Waals surface area contributed by atoms with Crippen molar-refractivity contribution in [1.29, 1.82) is 0 Å². The van der Waals surface area contributed by atoms with E-state index in [4.69, 9.17) is 9.47 Å². The lowest BCUT2D eigenvalue weighted by Gasteiger charge is -2.36. The van der Waals surface area contributed by atoms with E-state index in [0.29, 0.717) is 18.8 Å². The number of aromatic hydroxyl groups is 2. The summed E-state index contributed by atoms with van der Waals surface area (Å²) in [7, 11) is 0. The van der Waals surface area contributed by atoms with Gasteiger partial charge >= 0.3 is 5.97 Å². The van der Waals surface area contributed by atoms with E-state index in [9.17, 15) is 15.0 Å². The van der Waals surface area contributed by atoms with E-state index in [0.717, 1.165) is 61.7 Å². The molecule has 1 aromatic carbocycles. The number of benzene rings is 1. The smallest absolute Gasteiger partial charge is 0.302 e. The molecular formula is C29H40O5. The summed E-state index contributed by atoms with van der Waals surface area (Å²) in [5.74, 6) is -0.248. The number of esters is 1. The van der Waals surface area contributed by atoms with E-state index < -0.39 is 0 Å². The van der Waals surface area contributed by atoms with Crippen molar-refractivity contribution in [2.45, 2.75) is 77.0 Å². The highest BCUT2D eigenvalue weighted by Gasteiger charge is 2.36. The number of carbonyl (C=O) groups is 1. The number of rotatable bonds is 9. The van der Waals surface area contributed by atoms with Crippen LogP contribution in [0, 0.1) is 5.92 Å². The first kappa shape index (κ1) is 26.1. The van der Waals surface area contributed by atoms with Crippen molar-refractivity contribution in [3.05, 3.63) is 59.2 Å². The number of hydrogen-bond acceptors (Lipinski definition) is 5. The van der Waals surface area contributed by atoms with Gasteiger partial charge in [-0.25, -0.2) is 0 Å². The molecule has 1 saturated heterocycles. The zero-order valence-corrected chi connectivity index (χ0v) is 20.9. The number of phenols is 2. The third-order valence-electron chi connectivity index (χ3n) is 7.31. The maximum Gasteiger partial charge on any atom is 0.302 e. The van der Waals surface area contributed by atoms with Crippen molar-refractivity contribution < 1.29 is 24.5 Å². The largest absolute Gasteiger partial charge is 0.507 e. The molecule has 0 saturated carbocycles. The van der Waals surface area contributed by atoms with Gasteiger partial charge in [0.2, 0.25) is 0 Å². The Bertz CT molecular complexity index is 913. The minimum atomic E-state index is -0.316. The predicted octanol–water partition coefficient (Wildman–Crippen LogP) is 6.45. The number of phenolic OH excluding ortho intramolecular Hbond substituents is 2. The second kappa shape index (κ2) is 11.7. The van der Waals surface area contributed by atoms with Crippen molar-refractivity contribution >= 4 is 5.97 Å². The van der Waals surface area contributed by atoms with E-state index in [-0.39, 0.29) is 41.3 Å². The monoisotopic (exact) mass is 468 g/mol. The fourth-order valence-corrected chi connectivity index (χ4v) is 5.30. The predicted molar refractivity (Wildman–Crippen MR) is 135 cm³/mol. The van der Waals surface area contributed by atoms with E-state index in [1.165, 1.54) is 6.92 Å². The van der Waals surface area contributed by atoms with Crippen molar-refractivity contribution in [3.63, 3.8) is 0 Å². The fraction of sp³-hybridized carbons (Fsp3) is 0.552. The molecular weight excluding hydrogens is 428 g/mol.